The molecule has 0 aliphatic heterocycles. The van der Waals surface area contributed by atoms with Crippen molar-refractivity contribution in [3.05, 3.63) is 43.2 Å². The summed E-state index contributed by atoms with van der Waals surface area (Å²) >= 11 is 0. The molecule has 96 valence electrons. The van der Waals surface area contributed by atoms with Gasteiger partial charge in [-0.25, -0.2) is 4.52 Å². The molecule has 2 heterocycles. The zero-order valence-corrected chi connectivity index (χ0v) is 10.8. The molecule has 0 radical (unpaired) electrons. The topological polar surface area (TPSA) is 72.1 Å². The second kappa shape index (κ2) is 3.97. The molecule has 2 aromatic rings. The summed E-state index contributed by atoms with van der Waals surface area (Å²) in [7, 11) is 0. The van der Waals surface area contributed by atoms with E-state index in [9.17, 15) is 14.4 Å². The van der Waals surface area contributed by atoms with Crippen LogP contribution in [-0.2, 0) is 11.3 Å². The van der Waals surface area contributed by atoms with Crippen molar-refractivity contribution in [2.75, 3.05) is 0 Å². The lowest BCUT2D eigenvalue weighted by molar-refractivity contribution is -0.119. The molecule has 2 rings (SSSR count). The number of fused-ring (bicyclic) bond motifs is 1. The maximum atomic E-state index is 12.0. The van der Waals surface area contributed by atoms with Gasteiger partial charge in [0, 0.05) is 23.7 Å². The average Bonchev–Trinajstić information content (AvgIpc) is 2.68. The highest BCUT2D eigenvalue weighted by Crippen LogP contribution is 2.09. The Morgan fingerprint density at radius 3 is 2.17 bits per heavy atom. The third kappa shape index (κ3) is 1.53. The summed E-state index contributed by atoms with van der Waals surface area (Å²) < 4.78 is 2.71. The number of amides is 1. The Morgan fingerprint density at radius 1 is 1.06 bits per heavy atom. The molecule has 18 heavy (non-hydrogen) atoms. The highest BCUT2D eigenvalue weighted by molar-refractivity contribution is 5.72. The summed E-state index contributed by atoms with van der Waals surface area (Å²) in [5.41, 5.74) is 1.80. The SMILES string of the molecule is CC(=O)NCc1c(C)c(=O)n2c(=O)c(C)c(C)n12. The van der Waals surface area contributed by atoms with Gasteiger partial charge in [-0.2, -0.15) is 4.52 Å². The van der Waals surface area contributed by atoms with Gasteiger partial charge < -0.3 is 5.32 Å². The fraction of sp³-hybridized carbons (Fsp3) is 0.417. The molecule has 0 fully saturated rings. The molecule has 0 aliphatic carbocycles. The van der Waals surface area contributed by atoms with Gasteiger partial charge in [0.05, 0.1) is 12.2 Å². The third-order valence-electron chi connectivity index (χ3n) is 3.28. The minimum Gasteiger partial charge on any atom is -0.351 e. The second-order valence-electron chi connectivity index (χ2n) is 4.43. The first-order valence-corrected chi connectivity index (χ1v) is 5.66. The van der Waals surface area contributed by atoms with Crippen LogP contribution in [0.1, 0.15) is 29.4 Å². The van der Waals surface area contributed by atoms with Crippen molar-refractivity contribution in [3.63, 3.8) is 0 Å². The number of nitrogens with zero attached hydrogens (tertiary/aromatic N) is 2. The molecule has 2 aromatic heterocycles. The van der Waals surface area contributed by atoms with Crippen molar-refractivity contribution in [3.8, 4) is 0 Å². The van der Waals surface area contributed by atoms with Gasteiger partial charge in [0.15, 0.2) is 0 Å². The lowest BCUT2D eigenvalue weighted by atomic mass is 10.2. The predicted octanol–water partition coefficient (Wildman–Crippen LogP) is -0.242. The molecule has 0 unspecified atom stereocenters. The summed E-state index contributed by atoms with van der Waals surface area (Å²) in [6.45, 7) is 6.78. The molecule has 6 heteroatoms. The van der Waals surface area contributed by atoms with Crippen LogP contribution >= 0.6 is 0 Å². The number of aryl methyl sites for hydroxylation is 1. The number of rotatable bonds is 2. The zero-order chi connectivity index (χ0) is 13.6. The number of hydrogen-bond donors (Lipinski definition) is 1. The van der Waals surface area contributed by atoms with Crippen molar-refractivity contribution in [1.29, 1.82) is 0 Å². The van der Waals surface area contributed by atoms with Gasteiger partial charge in [0.1, 0.15) is 0 Å². The molecule has 1 N–H and O–H groups in total. The fourth-order valence-corrected chi connectivity index (χ4v) is 2.08. The van der Waals surface area contributed by atoms with Crippen molar-refractivity contribution < 1.29 is 4.79 Å². The molecule has 0 aliphatic rings. The Bertz CT molecular complexity index is 739. The third-order valence-corrected chi connectivity index (χ3v) is 3.28. The van der Waals surface area contributed by atoms with E-state index in [-0.39, 0.29) is 23.6 Å². The molecule has 6 nitrogen and oxygen atoms in total. The van der Waals surface area contributed by atoms with Crippen LogP contribution in [0.3, 0.4) is 0 Å². The number of nitrogens with one attached hydrogen (secondary N) is 1. The van der Waals surface area contributed by atoms with Crippen LogP contribution in [0.4, 0.5) is 0 Å². The molecule has 0 bridgehead atoms. The maximum absolute atomic E-state index is 12.0. The van der Waals surface area contributed by atoms with Gasteiger partial charge in [-0.3, -0.25) is 14.4 Å². The summed E-state index contributed by atoms with van der Waals surface area (Å²) in [6.07, 6.45) is 0. The predicted molar refractivity (Wildman–Crippen MR) is 66.3 cm³/mol. The first-order valence-electron chi connectivity index (χ1n) is 5.66. The van der Waals surface area contributed by atoms with Crippen LogP contribution in [0, 0.1) is 20.8 Å². The zero-order valence-electron chi connectivity index (χ0n) is 10.8. The Labute approximate surface area is 103 Å². The van der Waals surface area contributed by atoms with E-state index in [2.05, 4.69) is 5.32 Å². The van der Waals surface area contributed by atoms with Crippen LogP contribution in [-0.4, -0.2) is 14.9 Å². The van der Waals surface area contributed by atoms with Gasteiger partial charge >= 0.3 is 0 Å². The smallest absolute Gasteiger partial charge is 0.277 e. The lowest BCUT2D eigenvalue weighted by Gasteiger charge is -2.04. The molecule has 0 saturated heterocycles. The molecule has 0 aromatic carbocycles. The van der Waals surface area contributed by atoms with E-state index in [0.717, 1.165) is 10.2 Å². The van der Waals surface area contributed by atoms with E-state index in [1.165, 1.54) is 6.92 Å². The van der Waals surface area contributed by atoms with Crippen LogP contribution in [0.2, 0.25) is 0 Å². The van der Waals surface area contributed by atoms with E-state index in [4.69, 9.17) is 0 Å². The Morgan fingerprint density at radius 2 is 1.61 bits per heavy atom. The van der Waals surface area contributed by atoms with Gasteiger partial charge in [0.25, 0.3) is 11.1 Å². The molecular formula is C12H15N3O3. The number of hydrogen-bond acceptors (Lipinski definition) is 3. The van der Waals surface area contributed by atoms with Crippen molar-refractivity contribution >= 4 is 5.91 Å². The van der Waals surface area contributed by atoms with Crippen molar-refractivity contribution in [2.24, 2.45) is 0 Å². The molecular weight excluding hydrogens is 234 g/mol. The van der Waals surface area contributed by atoms with Crippen molar-refractivity contribution in [2.45, 2.75) is 34.2 Å². The minimum atomic E-state index is -0.323. The highest BCUT2D eigenvalue weighted by Gasteiger charge is 2.19. The summed E-state index contributed by atoms with van der Waals surface area (Å²) in [5.74, 6) is -0.176. The quantitative estimate of drug-likeness (QED) is 0.798. The second-order valence-corrected chi connectivity index (χ2v) is 4.43. The Kier molecular flexibility index (Phi) is 2.73. The summed E-state index contributed by atoms with van der Waals surface area (Å²) in [4.78, 5) is 34.9. The molecule has 0 atom stereocenters. The van der Waals surface area contributed by atoms with Crippen LogP contribution in [0.25, 0.3) is 0 Å². The van der Waals surface area contributed by atoms with Crippen molar-refractivity contribution in [1.82, 2.24) is 14.3 Å². The van der Waals surface area contributed by atoms with Gasteiger partial charge in [-0.15, -0.1) is 0 Å². The Balaban J connectivity index is 2.77. The summed E-state index contributed by atoms with van der Waals surface area (Å²) in [6, 6.07) is 0. The lowest BCUT2D eigenvalue weighted by Crippen LogP contribution is -2.23. The minimum absolute atomic E-state index is 0.176. The first kappa shape index (κ1) is 12.3. The van der Waals surface area contributed by atoms with E-state index >= 15 is 0 Å². The van der Waals surface area contributed by atoms with E-state index in [1.54, 1.807) is 25.3 Å². The molecule has 0 saturated carbocycles. The fourth-order valence-electron chi connectivity index (χ4n) is 2.08. The van der Waals surface area contributed by atoms with Crippen LogP contribution in [0.15, 0.2) is 9.59 Å². The van der Waals surface area contributed by atoms with E-state index in [1.807, 2.05) is 0 Å². The van der Waals surface area contributed by atoms with Crippen LogP contribution in [0.5, 0.6) is 0 Å². The first-order chi connectivity index (χ1) is 8.36. The molecule has 0 spiro atoms. The molecule has 1 amide bonds. The average molecular weight is 249 g/mol. The maximum Gasteiger partial charge on any atom is 0.277 e. The highest BCUT2D eigenvalue weighted by atomic mass is 16.2. The van der Waals surface area contributed by atoms with E-state index < -0.39 is 0 Å². The number of carbonyl (C=O) groups excluding carboxylic acids is 1. The largest absolute Gasteiger partial charge is 0.351 e. The normalized spacial score (nSPS) is 11.1. The van der Waals surface area contributed by atoms with Gasteiger partial charge in [-0.1, -0.05) is 0 Å². The van der Waals surface area contributed by atoms with Gasteiger partial charge in [-0.05, 0) is 20.8 Å². The standard InChI is InChI=1S/C12H15N3O3/c1-6-8(3)14-10(5-13-9(4)16)7(2)12(18)15(14)11(6)17/h5H2,1-4H3,(H,13,16). The number of aromatic nitrogens is 2. The van der Waals surface area contributed by atoms with Crippen LogP contribution < -0.4 is 16.4 Å². The van der Waals surface area contributed by atoms with Gasteiger partial charge in [0.2, 0.25) is 5.91 Å². The Hall–Kier alpha value is -2.11. The van der Waals surface area contributed by atoms with E-state index in [0.29, 0.717) is 16.8 Å². The summed E-state index contributed by atoms with van der Waals surface area (Å²) in [5, 5.41) is 2.65. The number of carbonyl (C=O) groups is 1. The monoisotopic (exact) mass is 249 g/mol.